The molecule has 40 heavy (non-hydrogen) atoms. The lowest BCUT2D eigenvalue weighted by Crippen LogP contribution is -2.73. The van der Waals surface area contributed by atoms with Gasteiger partial charge < -0.3 is 20.6 Å². The van der Waals surface area contributed by atoms with E-state index in [2.05, 4.69) is 52.0 Å². The Kier molecular flexibility index (Phi) is 9.47. The Morgan fingerprint density at radius 3 is 2.25 bits per heavy atom. The van der Waals surface area contributed by atoms with Crippen LogP contribution in [0.3, 0.4) is 0 Å². The molecule has 0 saturated carbocycles. The Morgan fingerprint density at radius 2 is 1.68 bits per heavy atom. The molecule has 0 aliphatic carbocycles. The van der Waals surface area contributed by atoms with Crippen molar-refractivity contribution in [2.45, 2.75) is 43.8 Å². The average Bonchev–Trinajstić information content (AvgIpc) is 2.93. The fraction of sp³-hybridized carbons (Fsp3) is 0.355. The number of benzene rings is 2. The van der Waals surface area contributed by atoms with E-state index in [0.717, 1.165) is 16.8 Å². The molecule has 3 atom stereocenters. The molecule has 0 aromatic heterocycles. The SMILES string of the molecule is CC1(C(=O)NC(Cc2ccc(O)cc2)C(=O)Nc2cc#ccc2)CC(C)(c2ccc(N(CCCl)CCCl)cc2)N1. The number of phenolic OH excluding ortho intramolecular Hbond substituents is 1. The van der Waals surface area contributed by atoms with E-state index in [1.807, 2.05) is 19.1 Å². The van der Waals surface area contributed by atoms with Gasteiger partial charge in [0.05, 0.1) is 5.54 Å². The minimum Gasteiger partial charge on any atom is -0.508 e. The van der Waals surface area contributed by atoms with Crippen LogP contribution in [-0.2, 0) is 21.5 Å². The van der Waals surface area contributed by atoms with Gasteiger partial charge in [0.1, 0.15) is 11.8 Å². The first-order valence-corrected chi connectivity index (χ1v) is 14.3. The molecule has 0 bridgehead atoms. The molecule has 3 aromatic rings. The first kappa shape index (κ1) is 29.5. The molecule has 4 N–H and O–H groups in total. The number of anilines is 2. The van der Waals surface area contributed by atoms with Crippen LogP contribution >= 0.6 is 23.2 Å². The first-order valence-electron chi connectivity index (χ1n) is 13.2. The predicted octanol–water partition coefficient (Wildman–Crippen LogP) is 4.61. The van der Waals surface area contributed by atoms with Crippen LogP contribution in [0.4, 0.5) is 11.4 Å². The standard InChI is InChI=1S/C31H34Cl2N4O3/c1-30(23-10-12-25(13-11-23)37(18-16-32)19-17-33)21-31(2,36-30)29(40)35-27(20-22-8-14-26(38)15-9-22)28(39)34-24-6-4-3-5-7-24/h4,6-15,27,36,38H,16-21H2,1-2H3,(H,34,39)(H,35,40). The summed E-state index contributed by atoms with van der Waals surface area (Å²) in [6.07, 6.45) is 0.811. The third-order valence-electron chi connectivity index (χ3n) is 7.26. The zero-order chi connectivity index (χ0) is 28.8. The first-order chi connectivity index (χ1) is 19.2. The second-order valence-electron chi connectivity index (χ2n) is 10.5. The van der Waals surface area contributed by atoms with Gasteiger partial charge in [0.2, 0.25) is 11.8 Å². The lowest BCUT2D eigenvalue weighted by atomic mass is 9.69. The monoisotopic (exact) mass is 580 g/mol. The van der Waals surface area contributed by atoms with Crippen LogP contribution in [0.1, 0.15) is 31.4 Å². The Bertz CT molecular complexity index is 1270. The van der Waals surface area contributed by atoms with Crippen molar-refractivity contribution in [1.82, 2.24) is 10.6 Å². The third-order valence-corrected chi connectivity index (χ3v) is 7.60. The Labute approximate surface area is 245 Å². The van der Waals surface area contributed by atoms with Gasteiger partial charge in [0.25, 0.3) is 0 Å². The molecule has 9 heteroatoms. The van der Waals surface area contributed by atoms with E-state index in [1.165, 1.54) is 0 Å². The molecular formula is C31H34Cl2N4O3. The predicted molar refractivity (Wildman–Crippen MR) is 160 cm³/mol. The number of nitrogens with zero attached hydrogens (tertiary/aromatic N) is 1. The van der Waals surface area contributed by atoms with Gasteiger partial charge in [-0.1, -0.05) is 36.4 Å². The maximum absolute atomic E-state index is 13.5. The van der Waals surface area contributed by atoms with Crippen molar-refractivity contribution in [3.8, 4) is 5.75 Å². The molecule has 210 valence electrons. The Balaban J connectivity index is 1.45. The summed E-state index contributed by atoms with van der Waals surface area (Å²) in [5.74, 6) is 0.554. The van der Waals surface area contributed by atoms with Crippen molar-refractivity contribution >= 4 is 46.4 Å². The summed E-state index contributed by atoms with van der Waals surface area (Å²) in [4.78, 5) is 28.9. The summed E-state index contributed by atoms with van der Waals surface area (Å²) in [5.41, 5.74) is 2.21. The number of phenols is 1. The van der Waals surface area contributed by atoms with Crippen molar-refractivity contribution < 1.29 is 14.7 Å². The molecule has 7 nitrogen and oxygen atoms in total. The van der Waals surface area contributed by atoms with Crippen LogP contribution in [0.5, 0.6) is 5.75 Å². The molecule has 1 heterocycles. The number of carbonyl (C=O) groups is 2. The largest absolute Gasteiger partial charge is 0.508 e. The number of alkyl halides is 2. The van der Waals surface area contributed by atoms with Gasteiger partial charge >= 0.3 is 0 Å². The van der Waals surface area contributed by atoms with Crippen molar-refractivity contribution in [3.63, 3.8) is 0 Å². The van der Waals surface area contributed by atoms with Gasteiger partial charge in [-0.05, 0) is 67.8 Å². The number of halogens is 2. The Morgan fingerprint density at radius 1 is 1.02 bits per heavy atom. The zero-order valence-corrected chi connectivity index (χ0v) is 24.1. The normalized spacial score (nSPS) is 20.5. The molecule has 3 aromatic carbocycles. The summed E-state index contributed by atoms with van der Waals surface area (Å²) < 4.78 is 0. The zero-order valence-electron chi connectivity index (χ0n) is 22.6. The summed E-state index contributed by atoms with van der Waals surface area (Å²) in [6.45, 7) is 5.33. The quantitative estimate of drug-likeness (QED) is 0.235. The van der Waals surface area contributed by atoms with E-state index in [9.17, 15) is 14.7 Å². The lowest BCUT2D eigenvalue weighted by molar-refractivity contribution is -0.137. The van der Waals surface area contributed by atoms with Crippen molar-refractivity contribution in [2.24, 2.45) is 0 Å². The fourth-order valence-electron chi connectivity index (χ4n) is 5.27. The van der Waals surface area contributed by atoms with E-state index >= 15 is 0 Å². The number of carbonyl (C=O) groups excluding carboxylic acids is 2. The van der Waals surface area contributed by atoms with Crippen molar-refractivity contribution in [1.29, 1.82) is 0 Å². The maximum atomic E-state index is 13.5. The molecule has 1 aliphatic heterocycles. The summed E-state index contributed by atoms with van der Waals surface area (Å²) >= 11 is 11.9. The topological polar surface area (TPSA) is 93.7 Å². The van der Waals surface area contributed by atoms with Gasteiger partial charge in [0.15, 0.2) is 0 Å². The second-order valence-corrected chi connectivity index (χ2v) is 11.2. The van der Waals surface area contributed by atoms with Gasteiger partial charge in [-0.2, -0.15) is 0 Å². The van der Waals surface area contributed by atoms with Crippen LogP contribution in [0, 0.1) is 12.1 Å². The number of hydrogen-bond donors (Lipinski definition) is 4. The van der Waals surface area contributed by atoms with E-state index < -0.39 is 17.1 Å². The smallest absolute Gasteiger partial charge is 0.247 e. The summed E-state index contributed by atoms with van der Waals surface area (Å²) in [6, 6.07) is 24.6. The lowest BCUT2D eigenvalue weighted by Gasteiger charge is -2.54. The molecule has 4 rings (SSSR count). The molecule has 2 amide bonds. The molecule has 1 aliphatic rings. The van der Waals surface area contributed by atoms with Gasteiger partial charge in [0, 0.05) is 54.3 Å². The fourth-order valence-corrected chi connectivity index (χ4v) is 5.68. The summed E-state index contributed by atoms with van der Waals surface area (Å²) in [5, 5.41) is 18.9. The highest BCUT2D eigenvalue weighted by Crippen LogP contribution is 2.42. The van der Waals surface area contributed by atoms with E-state index in [1.54, 1.807) is 42.5 Å². The van der Waals surface area contributed by atoms with Crippen LogP contribution in [-0.4, -0.2) is 53.4 Å². The number of hydrogen-bond acceptors (Lipinski definition) is 5. The molecule has 0 spiro atoms. The summed E-state index contributed by atoms with van der Waals surface area (Å²) in [7, 11) is 0. The molecular weight excluding hydrogens is 547 g/mol. The maximum Gasteiger partial charge on any atom is 0.247 e. The van der Waals surface area contributed by atoms with E-state index in [0.29, 0.717) is 37.0 Å². The number of amides is 2. The van der Waals surface area contributed by atoms with Crippen molar-refractivity contribution in [2.75, 3.05) is 35.1 Å². The van der Waals surface area contributed by atoms with E-state index in [4.69, 9.17) is 23.2 Å². The minimum absolute atomic E-state index is 0.133. The van der Waals surface area contributed by atoms with Crippen LogP contribution in [0.15, 0.2) is 66.7 Å². The van der Waals surface area contributed by atoms with Crippen LogP contribution in [0.2, 0.25) is 0 Å². The highest BCUT2D eigenvalue weighted by molar-refractivity contribution is 6.18. The second kappa shape index (κ2) is 12.8. The number of rotatable bonds is 12. The molecule has 1 fully saturated rings. The van der Waals surface area contributed by atoms with Gasteiger partial charge in [-0.15, -0.1) is 23.2 Å². The average molecular weight is 582 g/mol. The van der Waals surface area contributed by atoms with Crippen molar-refractivity contribution in [3.05, 3.63) is 90.0 Å². The number of nitrogens with one attached hydrogen (secondary N) is 3. The van der Waals surface area contributed by atoms with Gasteiger partial charge in [-0.3, -0.25) is 14.9 Å². The van der Waals surface area contributed by atoms with Gasteiger partial charge in [-0.25, -0.2) is 0 Å². The van der Waals surface area contributed by atoms with E-state index in [-0.39, 0.29) is 24.0 Å². The molecule has 1 saturated heterocycles. The molecule has 0 radical (unpaired) electrons. The highest BCUT2D eigenvalue weighted by Gasteiger charge is 2.54. The minimum atomic E-state index is -0.861. The highest BCUT2D eigenvalue weighted by atomic mass is 35.5. The Hall–Kier alpha value is -3.44. The van der Waals surface area contributed by atoms with Crippen LogP contribution < -0.4 is 20.9 Å². The van der Waals surface area contributed by atoms with Crippen LogP contribution in [0.25, 0.3) is 0 Å². The molecule has 3 unspecified atom stereocenters. The third kappa shape index (κ3) is 7.00. The number of aromatic hydroxyl groups is 1.